The number of amides is 1. The van der Waals surface area contributed by atoms with Crippen LogP contribution in [0.5, 0.6) is 0 Å². The summed E-state index contributed by atoms with van der Waals surface area (Å²) < 4.78 is 5.52. The van der Waals surface area contributed by atoms with Crippen LogP contribution in [0.25, 0.3) is 0 Å². The summed E-state index contributed by atoms with van der Waals surface area (Å²) in [6.45, 7) is 2.13. The molecule has 0 saturated carbocycles. The molecule has 2 saturated heterocycles. The van der Waals surface area contributed by atoms with E-state index in [9.17, 15) is 4.79 Å². The summed E-state index contributed by atoms with van der Waals surface area (Å²) in [7, 11) is 0. The third kappa shape index (κ3) is 4.97. The molecule has 2 aliphatic heterocycles. The average Bonchev–Trinajstić information content (AvgIpc) is 2.46. The molecule has 0 aromatic heterocycles. The van der Waals surface area contributed by atoms with E-state index in [2.05, 4.69) is 0 Å². The van der Waals surface area contributed by atoms with Crippen LogP contribution >= 0.6 is 11.8 Å². The molecule has 19 heavy (non-hydrogen) atoms. The maximum absolute atomic E-state index is 12.2. The van der Waals surface area contributed by atoms with Gasteiger partial charge in [-0.15, -0.1) is 0 Å². The maximum Gasteiger partial charge on any atom is 0.222 e. The van der Waals surface area contributed by atoms with Gasteiger partial charge in [-0.3, -0.25) is 4.79 Å². The number of hydrogen-bond acceptors (Lipinski definition) is 4. The van der Waals surface area contributed by atoms with Crippen LogP contribution in [-0.2, 0) is 9.53 Å². The minimum Gasteiger partial charge on any atom is -0.394 e. The molecule has 2 fully saturated rings. The van der Waals surface area contributed by atoms with Crippen LogP contribution in [0.4, 0.5) is 0 Å². The number of hydrogen-bond donors (Lipinski definition) is 1. The maximum atomic E-state index is 12.2. The molecule has 2 aliphatic rings. The lowest BCUT2D eigenvalue weighted by Gasteiger charge is -2.33. The number of carbonyl (C=O) groups is 1. The predicted molar refractivity (Wildman–Crippen MR) is 77.3 cm³/mol. The Balaban J connectivity index is 1.67. The Hall–Kier alpha value is -0.260. The lowest BCUT2D eigenvalue weighted by atomic mass is 9.97. The summed E-state index contributed by atoms with van der Waals surface area (Å²) in [5.41, 5.74) is 0. The first kappa shape index (κ1) is 15.1. The van der Waals surface area contributed by atoms with Gasteiger partial charge in [-0.05, 0) is 43.1 Å². The van der Waals surface area contributed by atoms with Crippen molar-refractivity contribution in [2.24, 2.45) is 5.92 Å². The molecular weight excluding hydrogens is 262 g/mol. The summed E-state index contributed by atoms with van der Waals surface area (Å²) in [5.74, 6) is 3.37. The van der Waals surface area contributed by atoms with E-state index in [4.69, 9.17) is 9.84 Å². The van der Waals surface area contributed by atoms with E-state index in [1.165, 1.54) is 24.3 Å². The fraction of sp³-hybridized carbons (Fsp3) is 0.929. The summed E-state index contributed by atoms with van der Waals surface area (Å²) >= 11 is 2.01. The smallest absolute Gasteiger partial charge is 0.222 e. The topological polar surface area (TPSA) is 49.8 Å². The average molecular weight is 287 g/mol. The van der Waals surface area contributed by atoms with Crippen molar-refractivity contribution in [3.8, 4) is 0 Å². The molecule has 0 aliphatic carbocycles. The van der Waals surface area contributed by atoms with Crippen molar-refractivity contribution in [1.82, 2.24) is 4.90 Å². The summed E-state index contributed by atoms with van der Waals surface area (Å²) in [6, 6.07) is 0. The van der Waals surface area contributed by atoms with E-state index in [1.807, 2.05) is 16.7 Å². The summed E-state index contributed by atoms with van der Waals surface area (Å²) in [5, 5.41) is 8.73. The Morgan fingerprint density at radius 1 is 1.21 bits per heavy atom. The molecule has 2 rings (SSSR count). The number of aliphatic hydroxyl groups excluding tert-OH is 1. The third-order valence-electron chi connectivity index (χ3n) is 4.04. The zero-order valence-electron chi connectivity index (χ0n) is 11.6. The molecule has 0 aromatic carbocycles. The molecule has 0 spiro atoms. The Labute approximate surface area is 119 Å². The number of piperidine rings is 1. The van der Waals surface area contributed by atoms with Gasteiger partial charge in [-0.25, -0.2) is 0 Å². The van der Waals surface area contributed by atoms with E-state index >= 15 is 0 Å². The van der Waals surface area contributed by atoms with Crippen LogP contribution < -0.4 is 0 Å². The number of carbonyl (C=O) groups excluding carboxylic acids is 1. The van der Waals surface area contributed by atoms with Gasteiger partial charge >= 0.3 is 0 Å². The normalized spacial score (nSPS) is 22.7. The van der Waals surface area contributed by atoms with Gasteiger partial charge in [0, 0.05) is 19.5 Å². The first-order valence-corrected chi connectivity index (χ1v) is 8.53. The number of nitrogens with zero attached hydrogens (tertiary/aromatic N) is 1. The van der Waals surface area contributed by atoms with Gasteiger partial charge in [0.15, 0.2) is 0 Å². The van der Waals surface area contributed by atoms with E-state index in [1.54, 1.807) is 0 Å². The van der Waals surface area contributed by atoms with Crippen molar-refractivity contribution >= 4 is 17.7 Å². The fourth-order valence-corrected chi connectivity index (χ4v) is 4.02. The molecule has 0 atom stereocenters. The first-order valence-electron chi connectivity index (χ1n) is 7.37. The molecule has 1 amide bonds. The van der Waals surface area contributed by atoms with Crippen molar-refractivity contribution in [3.63, 3.8) is 0 Å². The number of thioether (sulfide) groups is 1. The zero-order chi connectivity index (χ0) is 13.5. The highest BCUT2D eigenvalue weighted by Gasteiger charge is 2.25. The summed E-state index contributed by atoms with van der Waals surface area (Å²) in [4.78, 5) is 14.2. The van der Waals surface area contributed by atoms with Crippen LogP contribution in [0.1, 0.15) is 32.1 Å². The van der Waals surface area contributed by atoms with Crippen molar-refractivity contribution < 1.29 is 14.6 Å². The largest absolute Gasteiger partial charge is 0.394 e. The Kier molecular flexibility index (Phi) is 6.47. The van der Waals surface area contributed by atoms with Gasteiger partial charge in [-0.1, -0.05) is 0 Å². The molecule has 2 heterocycles. The standard InChI is InChI=1S/C14H25NO3S/c16-7-8-18-13-1-5-15(6-2-13)14(17)11-12-3-9-19-10-4-12/h12-13,16H,1-11H2. The fourth-order valence-electron chi connectivity index (χ4n) is 2.82. The highest BCUT2D eigenvalue weighted by molar-refractivity contribution is 7.99. The molecule has 4 nitrogen and oxygen atoms in total. The SMILES string of the molecule is O=C(CC1CCSCC1)N1CCC(OCCO)CC1. The molecule has 0 radical (unpaired) electrons. The van der Waals surface area contributed by atoms with E-state index < -0.39 is 0 Å². The quantitative estimate of drug-likeness (QED) is 0.833. The molecular formula is C14H25NO3S. The second-order valence-electron chi connectivity index (χ2n) is 5.43. The van der Waals surface area contributed by atoms with Crippen LogP contribution in [0.2, 0.25) is 0 Å². The monoisotopic (exact) mass is 287 g/mol. The van der Waals surface area contributed by atoms with Gasteiger partial charge in [0.25, 0.3) is 0 Å². The molecule has 1 N–H and O–H groups in total. The highest BCUT2D eigenvalue weighted by Crippen LogP contribution is 2.26. The second-order valence-corrected chi connectivity index (χ2v) is 6.66. The van der Waals surface area contributed by atoms with Crippen molar-refractivity contribution in [1.29, 1.82) is 0 Å². The Morgan fingerprint density at radius 2 is 1.89 bits per heavy atom. The van der Waals surface area contributed by atoms with Crippen molar-refractivity contribution in [3.05, 3.63) is 0 Å². The van der Waals surface area contributed by atoms with Crippen LogP contribution in [0.3, 0.4) is 0 Å². The third-order valence-corrected chi connectivity index (χ3v) is 5.09. The lowest BCUT2D eigenvalue weighted by molar-refractivity contribution is -0.135. The van der Waals surface area contributed by atoms with Gasteiger partial charge in [0.2, 0.25) is 5.91 Å². The minimum atomic E-state index is 0.0822. The van der Waals surface area contributed by atoms with E-state index in [0.717, 1.165) is 32.4 Å². The molecule has 110 valence electrons. The van der Waals surface area contributed by atoms with E-state index in [-0.39, 0.29) is 12.7 Å². The van der Waals surface area contributed by atoms with Crippen LogP contribution in [0, 0.1) is 5.92 Å². The Bertz CT molecular complexity index is 274. The van der Waals surface area contributed by atoms with Crippen LogP contribution in [-0.4, -0.2) is 59.8 Å². The number of ether oxygens (including phenoxy) is 1. The number of aliphatic hydroxyl groups is 1. The van der Waals surface area contributed by atoms with Gasteiger partial charge in [-0.2, -0.15) is 11.8 Å². The molecule has 0 unspecified atom stereocenters. The molecule has 0 bridgehead atoms. The van der Waals surface area contributed by atoms with Gasteiger partial charge in [0.1, 0.15) is 0 Å². The first-order chi connectivity index (χ1) is 9.29. The predicted octanol–water partition coefficient (Wildman–Crippen LogP) is 1.52. The molecule has 5 heteroatoms. The van der Waals surface area contributed by atoms with Gasteiger partial charge in [0.05, 0.1) is 19.3 Å². The highest BCUT2D eigenvalue weighted by atomic mass is 32.2. The minimum absolute atomic E-state index is 0.0822. The number of rotatable bonds is 5. The van der Waals surface area contributed by atoms with Crippen molar-refractivity contribution in [2.45, 2.75) is 38.2 Å². The van der Waals surface area contributed by atoms with Crippen molar-refractivity contribution in [2.75, 3.05) is 37.8 Å². The number of likely N-dealkylation sites (tertiary alicyclic amines) is 1. The summed E-state index contributed by atoms with van der Waals surface area (Å²) in [6.07, 6.45) is 5.18. The van der Waals surface area contributed by atoms with Gasteiger partial charge < -0.3 is 14.7 Å². The lowest BCUT2D eigenvalue weighted by Crippen LogP contribution is -2.41. The van der Waals surface area contributed by atoms with E-state index in [0.29, 0.717) is 18.4 Å². The van der Waals surface area contributed by atoms with Crippen LogP contribution in [0.15, 0.2) is 0 Å². The Morgan fingerprint density at radius 3 is 2.53 bits per heavy atom. The zero-order valence-corrected chi connectivity index (χ0v) is 12.4. The second kappa shape index (κ2) is 8.12. The molecule has 0 aromatic rings.